The summed E-state index contributed by atoms with van der Waals surface area (Å²) < 4.78 is 25.6. The largest absolute Gasteiger partial charge is 0.680 e. The van der Waals surface area contributed by atoms with Gasteiger partial charge in [-0.05, 0) is 25.7 Å². The number of hydrogen-bond donors (Lipinski definition) is 0. The molecule has 0 bridgehead atoms. The minimum Gasteiger partial charge on any atom is -0.351 e. The first kappa shape index (κ1) is 30.8. The topological polar surface area (TPSA) is 36.9 Å². The van der Waals surface area contributed by atoms with E-state index in [2.05, 4.69) is 34.3 Å². The van der Waals surface area contributed by atoms with Gasteiger partial charge in [0.2, 0.25) is 0 Å². The molecule has 1 unspecified atom stereocenters. The second-order valence-electron chi connectivity index (χ2n) is 8.62. The Balaban J connectivity index is 5.08. The van der Waals surface area contributed by atoms with Crippen molar-refractivity contribution in [3.63, 3.8) is 0 Å². The molecule has 0 rings (SSSR count). The van der Waals surface area contributed by atoms with Gasteiger partial charge < -0.3 is 17.7 Å². The van der Waals surface area contributed by atoms with Crippen molar-refractivity contribution in [2.45, 2.75) is 137 Å². The zero-order valence-electron chi connectivity index (χ0n) is 21.4. The molecule has 0 amide bonds. The van der Waals surface area contributed by atoms with Crippen LogP contribution in [0.3, 0.4) is 0 Å². The lowest BCUT2D eigenvalue weighted by molar-refractivity contribution is -0.0507. The Kier molecular flexibility index (Phi) is 22.8. The van der Waals surface area contributed by atoms with Crippen molar-refractivity contribution in [1.82, 2.24) is 0 Å². The monoisotopic (exact) mass is 458 g/mol. The fourth-order valence-electron chi connectivity index (χ4n) is 3.41. The average Bonchev–Trinajstić information content (AvgIpc) is 2.78. The molecule has 0 aromatic carbocycles. The first-order valence-corrected chi connectivity index (χ1v) is 15.0. The maximum atomic E-state index is 6.51. The second-order valence-corrected chi connectivity index (χ2v) is 10.7. The number of hydrogen-bond acceptors (Lipinski definition) is 4. The Morgan fingerprint density at radius 2 is 0.968 bits per heavy atom. The maximum Gasteiger partial charge on any atom is 0.680 e. The molecule has 186 valence electrons. The fourth-order valence-corrected chi connectivity index (χ4v) is 5.63. The second kappa shape index (κ2) is 23.0. The zero-order chi connectivity index (χ0) is 23.0. The van der Waals surface area contributed by atoms with Crippen LogP contribution in [0.4, 0.5) is 0 Å². The Labute approximate surface area is 196 Å². The van der Waals surface area contributed by atoms with E-state index in [1.807, 2.05) is 6.08 Å². The normalized spacial score (nSPS) is 12.9. The van der Waals surface area contributed by atoms with Crippen LogP contribution >= 0.6 is 0 Å². The van der Waals surface area contributed by atoms with Gasteiger partial charge in [-0.25, -0.2) is 0 Å². The van der Waals surface area contributed by atoms with Crippen LogP contribution in [0.2, 0.25) is 0 Å². The summed E-state index contributed by atoms with van der Waals surface area (Å²) in [6.45, 7) is 14.9. The number of unbranched alkanes of at least 4 members (excludes halogenated alkanes) is 11. The van der Waals surface area contributed by atoms with Crippen LogP contribution in [0, 0.1) is 0 Å². The molecule has 0 spiro atoms. The Morgan fingerprint density at radius 1 is 0.581 bits per heavy atom. The highest BCUT2D eigenvalue weighted by molar-refractivity contribution is 6.53. The molecule has 0 aliphatic heterocycles. The molecule has 1 atom stereocenters. The summed E-state index contributed by atoms with van der Waals surface area (Å²) in [7, 11) is -3.19. The third kappa shape index (κ3) is 18.0. The highest BCUT2D eigenvalue weighted by atomic mass is 28.4. The van der Waals surface area contributed by atoms with Crippen LogP contribution in [-0.2, 0) is 17.7 Å². The zero-order valence-corrected chi connectivity index (χ0v) is 22.4. The average molecular weight is 459 g/mol. The van der Waals surface area contributed by atoms with Crippen molar-refractivity contribution >= 4 is 9.05 Å². The predicted molar refractivity (Wildman–Crippen MR) is 135 cm³/mol. The van der Waals surface area contributed by atoms with Crippen LogP contribution in [0.1, 0.15) is 130 Å². The maximum absolute atomic E-state index is 6.51. The smallest absolute Gasteiger partial charge is 0.351 e. The van der Waals surface area contributed by atoms with Gasteiger partial charge in [0.05, 0.1) is 6.10 Å². The molecule has 0 saturated heterocycles. The summed E-state index contributed by atoms with van der Waals surface area (Å²) in [4.78, 5) is 0. The van der Waals surface area contributed by atoms with E-state index in [4.69, 9.17) is 17.7 Å². The molecule has 0 saturated carbocycles. The van der Waals surface area contributed by atoms with Gasteiger partial charge in [-0.15, -0.1) is 6.58 Å². The van der Waals surface area contributed by atoms with Crippen molar-refractivity contribution in [2.24, 2.45) is 0 Å². The lowest BCUT2D eigenvalue weighted by Gasteiger charge is -2.31. The molecule has 0 radical (unpaired) electrons. The predicted octanol–water partition coefficient (Wildman–Crippen LogP) is 8.36. The Hall–Kier alpha value is -0.203. The van der Waals surface area contributed by atoms with Gasteiger partial charge in [-0.1, -0.05) is 111 Å². The van der Waals surface area contributed by atoms with Crippen LogP contribution in [0.25, 0.3) is 0 Å². The summed E-state index contributed by atoms with van der Waals surface area (Å²) in [6, 6.07) is 0. The summed E-state index contributed by atoms with van der Waals surface area (Å²) in [5, 5.41) is 0. The van der Waals surface area contributed by atoms with E-state index in [0.29, 0.717) is 19.8 Å². The summed E-state index contributed by atoms with van der Waals surface area (Å²) >= 11 is 0. The van der Waals surface area contributed by atoms with Crippen LogP contribution < -0.4 is 0 Å². The molecule has 0 aromatic rings. The summed E-state index contributed by atoms with van der Waals surface area (Å²) in [5.41, 5.74) is 0. The minimum atomic E-state index is -3.19. The van der Waals surface area contributed by atoms with Gasteiger partial charge in [0.15, 0.2) is 0 Å². The third-order valence-electron chi connectivity index (χ3n) is 5.48. The molecule has 0 aliphatic rings. The van der Waals surface area contributed by atoms with Crippen LogP contribution in [-0.4, -0.2) is 35.0 Å². The molecule has 0 heterocycles. The van der Waals surface area contributed by atoms with Gasteiger partial charge >= 0.3 is 9.05 Å². The van der Waals surface area contributed by atoms with Crippen molar-refractivity contribution < 1.29 is 17.7 Å². The van der Waals surface area contributed by atoms with E-state index in [-0.39, 0.29) is 6.10 Å². The van der Waals surface area contributed by atoms with Gasteiger partial charge in [0.1, 0.15) is 0 Å². The van der Waals surface area contributed by atoms with Crippen LogP contribution in [0.15, 0.2) is 12.7 Å². The first-order chi connectivity index (χ1) is 15.2. The minimum absolute atomic E-state index is 0.0693. The lowest BCUT2D eigenvalue weighted by atomic mass is 10.1. The van der Waals surface area contributed by atoms with Crippen molar-refractivity contribution in [3.8, 4) is 0 Å². The van der Waals surface area contributed by atoms with E-state index in [9.17, 15) is 0 Å². The summed E-state index contributed by atoms with van der Waals surface area (Å²) in [5.74, 6) is 0. The van der Waals surface area contributed by atoms with E-state index in [0.717, 1.165) is 32.1 Å². The van der Waals surface area contributed by atoms with Gasteiger partial charge in [-0.2, -0.15) is 0 Å². The number of rotatable bonds is 25. The quantitative estimate of drug-likeness (QED) is 0.0782. The van der Waals surface area contributed by atoms with Gasteiger partial charge in [0.25, 0.3) is 0 Å². The molecular formula is C26H54O4Si. The van der Waals surface area contributed by atoms with E-state index in [1.54, 1.807) is 0 Å². The third-order valence-corrected chi connectivity index (χ3v) is 7.75. The Bertz CT molecular complexity index is 342. The summed E-state index contributed by atoms with van der Waals surface area (Å²) in [6.07, 6.45) is 20.3. The van der Waals surface area contributed by atoms with Gasteiger partial charge in [-0.3, -0.25) is 0 Å². The van der Waals surface area contributed by atoms with Crippen molar-refractivity contribution in [1.29, 1.82) is 0 Å². The molecular weight excluding hydrogens is 404 g/mol. The highest BCUT2D eigenvalue weighted by Crippen LogP contribution is 2.21. The molecule has 5 heteroatoms. The van der Waals surface area contributed by atoms with E-state index >= 15 is 0 Å². The molecule has 4 nitrogen and oxygen atoms in total. The SMILES string of the molecule is C=CC(CCCCC)O[Si](OCCCCCC)(OCCCCCC)OCCCCCC. The molecule has 31 heavy (non-hydrogen) atoms. The standard InChI is InChI=1S/C26H54O4Si/c1-6-11-15-19-23-27-31(28-24-20-16-12-7-2,29-25-21-17-13-8-3)30-26(10-5)22-18-14-9-4/h10,26H,5-9,11-25H2,1-4H3. The van der Waals surface area contributed by atoms with Gasteiger partial charge in [0, 0.05) is 19.8 Å². The molecule has 0 fully saturated rings. The van der Waals surface area contributed by atoms with E-state index < -0.39 is 9.05 Å². The molecule has 0 N–H and O–H groups in total. The van der Waals surface area contributed by atoms with Crippen LogP contribution in [0.5, 0.6) is 0 Å². The Morgan fingerprint density at radius 3 is 1.32 bits per heavy atom. The van der Waals surface area contributed by atoms with Crippen molar-refractivity contribution in [2.75, 3.05) is 19.8 Å². The highest BCUT2D eigenvalue weighted by Gasteiger charge is 2.47. The lowest BCUT2D eigenvalue weighted by Crippen LogP contribution is -2.52. The molecule has 0 aromatic heterocycles. The van der Waals surface area contributed by atoms with Crippen molar-refractivity contribution in [3.05, 3.63) is 12.7 Å². The van der Waals surface area contributed by atoms with E-state index in [1.165, 1.54) is 70.6 Å². The fraction of sp³-hybridized carbons (Fsp3) is 0.923. The first-order valence-electron chi connectivity index (χ1n) is 13.4. The molecule has 0 aliphatic carbocycles.